The second-order valence-corrected chi connectivity index (χ2v) is 5.50. The summed E-state index contributed by atoms with van der Waals surface area (Å²) in [6.45, 7) is 3.14. The highest BCUT2D eigenvalue weighted by atomic mass is 127. The maximum absolute atomic E-state index is 13.3. The van der Waals surface area contributed by atoms with E-state index in [1.165, 1.54) is 12.1 Å². The van der Waals surface area contributed by atoms with Gasteiger partial charge in [-0.3, -0.25) is 4.99 Å². The fraction of sp³-hybridized carbons (Fsp3) is 0.533. The van der Waals surface area contributed by atoms with Crippen LogP contribution in [0.4, 0.5) is 4.39 Å². The van der Waals surface area contributed by atoms with Crippen LogP contribution in [-0.4, -0.2) is 46.5 Å². The van der Waals surface area contributed by atoms with Gasteiger partial charge >= 0.3 is 0 Å². The predicted octanol–water partition coefficient (Wildman–Crippen LogP) is 2.92. The van der Waals surface area contributed by atoms with Gasteiger partial charge in [-0.1, -0.05) is 15.9 Å². The van der Waals surface area contributed by atoms with E-state index in [-0.39, 0.29) is 29.8 Å². The van der Waals surface area contributed by atoms with E-state index in [0.29, 0.717) is 32.3 Å². The zero-order valence-corrected chi connectivity index (χ0v) is 17.3. The average molecular weight is 504 g/mol. The Labute approximate surface area is 162 Å². The van der Waals surface area contributed by atoms with E-state index in [0.717, 1.165) is 23.0 Å². The fourth-order valence-electron chi connectivity index (χ4n) is 1.74. The molecule has 0 aliphatic heterocycles. The third-order valence-corrected chi connectivity index (χ3v) is 3.25. The summed E-state index contributed by atoms with van der Waals surface area (Å²) >= 11 is 3.28. The third-order valence-electron chi connectivity index (χ3n) is 2.80. The zero-order chi connectivity index (χ0) is 16.2. The largest absolute Gasteiger partial charge is 0.382 e. The highest BCUT2D eigenvalue weighted by molar-refractivity contribution is 14.0. The van der Waals surface area contributed by atoms with Gasteiger partial charge in [0, 0.05) is 38.3 Å². The maximum atomic E-state index is 13.3. The number of ether oxygens (including phenoxy) is 2. The molecular weight excluding hydrogens is 480 g/mol. The van der Waals surface area contributed by atoms with Gasteiger partial charge in [-0.25, -0.2) is 4.39 Å². The summed E-state index contributed by atoms with van der Waals surface area (Å²) in [5.74, 6) is 0.416. The molecule has 0 spiro atoms. The molecule has 0 aliphatic carbocycles. The van der Waals surface area contributed by atoms with Crippen LogP contribution >= 0.6 is 39.9 Å². The Bertz CT molecular complexity index is 458. The highest BCUT2D eigenvalue weighted by Crippen LogP contribution is 2.14. The number of benzene rings is 1. The van der Waals surface area contributed by atoms with Crippen LogP contribution in [0.25, 0.3) is 0 Å². The summed E-state index contributed by atoms with van der Waals surface area (Å²) in [6, 6.07) is 4.79. The molecule has 0 unspecified atom stereocenters. The van der Waals surface area contributed by atoms with Crippen LogP contribution in [0.3, 0.4) is 0 Å². The smallest absolute Gasteiger partial charge is 0.191 e. The normalized spacial score (nSPS) is 11.0. The van der Waals surface area contributed by atoms with Crippen molar-refractivity contribution in [2.45, 2.75) is 13.0 Å². The maximum Gasteiger partial charge on any atom is 0.191 e. The second-order valence-electron chi connectivity index (χ2n) is 4.59. The monoisotopic (exact) mass is 503 g/mol. The number of methoxy groups -OCH3 is 1. The van der Waals surface area contributed by atoms with Crippen molar-refractivity contribution in [3.05, 3.63) is 34.1 Å². The molecule has 5 nitrogen and oxygen atoms in total. The highest BCUT2D eigenvalue weighted by Gasteiger charge is 2.01. The molecule has 1 aromatic carbocycles. The van der Waals surface area contributed by atoms with E-state index in [4.69, 9.17) is 9.47 Å². The van der Waals surface area contributed by atoms with E-state index in [9.17, 15) is 4.39 Å². The summed E-state index contributed by atoms with van der Waals surface area (Å²) < 4.78 is 24.3. The van der Waals surface area contributed by atoms with Crippen molar-refractivity contribution in [1.29, 1.82) is 0 Å². The van der Waals surface area contributed by atoms with Gasteiger partial charge in [0.2, 0.25) is 0 Å². The summed E-state index contributed by atoms with van der Waals surface area (Å²) in [6.07, 6.45) is 0.871. The molecule has 0 saturated heterocycles. The van der Waals surface area contributed by atoms with E-state index < -0.39 is 0 Å². The third kappa shape index (κ3) is 10.9. The minimum Gasteiger partial charge on any atom is -0.382 e. The van der Waals surface area contributed by atoms with Crippen LogP contribution in [0.5, 0.6) is 0 Å². The molecule has 132 valence electrons. The van der Waals surface area contributed by atoms with Gasteiger partial charge < -0.3 is 20.1 Å². The van der Waals surface area contributed by atoms with Gasteiger partial charge in [-0.2, -0.15) is 0 Å². The first kappa shape index (κ1) is 22.6. The lowest BCUT2D eigenvalue weighted by Crippen LogP contribution is -2.37. The Kier molecular flexibility index (Phi) is 13.7. The predicted molar refractivity (Wildman–Crippen MR) is 105 cm³/mol. The molecule has 0 saturated carbocycles. The van der Waals surface area contributed by atoms with Crippen molar-refractivity contribution in [2.24, 2.45) is 4.99 Å². The van der Waals surface area contributed by atoms with Crippen molar-refractivity contribution >= 4 is 45.9 Å². The molecule has 0 amide bonds. The number of nitrogens with zero attached hydrogens (tertiary/aromatic N) is 1. The molecule has 23 heavy (non-hydrogen) atoms. The molecule has 1 aromatic rings. The molecule has 0 atom stereocenters. The fourth-order valence-corrected chi connectivity index (χ4v) is 2.26. The summed E-state index contributed by atoms with van der Waals surface area (Å²) in [5.41, 5.74) is 0.845. The van der Waals surface area contributed by atoms with Crippen molar-refractivity contribution in [2.75, 3.05) is 40.5 Å². The number of nitrogens with one attached hydrogen (secondary N) is 2. The van der Waals surface area contributed by atoms with Gasteiger partial charge in [-0.15, -0.1) is 24.0 Å². The molecular formula is C15H24BrFIN3O2. The number of rotatable bonds is 9. The summed E-state index contributed by atoms with van der Waals surface area (Å²) in [7, 11) is 3.35. The molecule has 0 radical (unpaired) electrons. The Morgan fingerprint density at radius 1 is 1.22 bits per heavy atom. The Morgan fingerprint density at radius 3 is 2.65 bits per heavy atom. The molecule has 0 aliphatic rings. The first-order valence-electron chi connectivity index (χ1n) is 7.12. The number of hydrogen-bond donors (Lipinski definition) is 2. The van der Waals surface area contributed by atoms with E-state index in [1.807, 2.05) is 6.07 Å². The van der Waals surface area contributed by atoms with Crippen LogP contribution in [-0.2, 0) is 16.0 Å². The lowest BCUT2D eigenvalue weighted by atomic mass is 10.2. The van der Waals surface area contributed by atoms with Crippen LogP contribution in [0.1, 0.15) is 12.0 Å². The van der Waals surface area contributed by atoms with Crippen molar-refractivity contribution in [3.8, 4) is 0 Å². The molecule has 8 heteroatoms. The first-order valence-corrected chi connectivity index (χ1v) is 7.91. The van der Waals surface area contributed by atoms with Gasteiger partial charge in [0.05, 0.1) is 13.2 Å². The molecule has 0 aromatic heterocycles. The summed E-state index contributed by atoms with van der Waals surface area (Å²) in [5, 5.41) is 6.32. The number of hydrogen-bond acceptors (Lipinski definition) is 3. The first-order chi connectivity index (χ1) is 10.7. The molecule has 1 rings (SSSR count). The van der Waals surface area contributed by atoms with Crippen LogP contribution in [0.2, 0.25) is 0 Å². The number of halogens is 3. The Balaban J connectivity index is 0.00000484. The van der Waals surface area contributed by atoms with Crippen LogP contribution < -0.4 is 10.6 Å². The lowest BCUT2D eigenvalue weighted by molar-refractivity contribution is 0.0698. The van der Waals surface area contributed by atoms with Gasteiger partial charge in [0.1, 0.15) is 5.82 Å². The van der Waals surface area contributed by atoms with Gasteiger partial charge in [-0.05, 0) is 30.2 Å². The molecule has 2 N–H and O–H groups in total. The van der Waals surface area contributed by atoms with Gasteiger partial charge in [0.15, 0.2) is 5.96 Å². The molecule has 0 heterocycles. The Hall–Kier alpha value is -0.450. The minimum atomic E-state index is -0.262. The lowest BCUT2D eigenvalue weighted by Gasteiger charge is -2.12. The average Bonchev–Trinajstić information content (AvgIpc) is 2.48. The molecule has 0 fully saturated rings. The number of guanidine groups is 1. The van der Waals surface area contributed by atoms with E-state index in [1.54, 1.807) is 14.2 Å². The summed E-state index contributed by atoms with van der Waals surface area (Å²) in [4.78, 5) is 4.12. The standard InChI is InChI=1S/C15H23BrFN3O2.HI/c1-18-15(19-4-3-5-22-7-6-21-2)20-11-12-8-13(16)10-14(17)9-12;/h8-10H,3-7,11H2,1-2H3,(H2,18,19,20);1H. The quantitative estimate of drug-likeness (QED) is 0.235. The second kappa shape index (κ2) is 13.9. The molecule has 0 bridgehead atoms. The van der Waals surface area contributed by atoms with Crippen molar-refractivity contribution in [1.82, 2.24) is 10.6 Å². The van der Waals surface area contributed by atoms with E-state index in [2.05, 4.69) is 31.6 Å². The topological polar surface area (TPSA) is 54.9 Å². The van der Waals surface area contributed by atoms with Crippen molar-refractivity contribution < 1.29 is 13.9 Å². The van der Waals surface area contributed by atoms with Crippen molar-refractivity contribution in [3.63, 3.8) is 0 Å². The SMILES string of the molecule is CN=C(NCCCOCCOC)NCc1cc(F)cc(Br)c1.I. The minimum absolute atomic E-state index is 0. The van der Waals surface area contributed by atoms with E-state index >= 15 is 0 Å². The van der Waals surface area contributed by atoms with Crippen LogP contribution in [0.15, 0.2) is 27.7 Å². The number of aliphatic imine (C=N–C) groups is 1. The zero-order valence-electron chi connectivity index (χ0n) is 13.4. The Morgan fingerprint density at radius 2 is 2.00 bits per heavy atom. The van der Waals surface area contributed by atoms with Crippen LogP contribution in [0, 0.1) is 5.82 Å². The van der Waals surface area contributed by atoms with Gasteiger partial charge in [0.25, 0.3) is 0 Å².